The van der Waals surface area contributed by atoms with Crippen LogP contribution in [0.4, 0.5) is 11.4 Å². The maximum Gasteiger partial charge on any atom is 0.338 e. The highest BCUT2D eigenvalue weighted by Crippen LogP contribution is 2.23. The van der Waals surface area contributed by atoms with E-state index in [1.807, 2.05) is 17.0 Å². The zero-order valence-electron chi connectivity index (χ0n) is 17.2. The Labute approximate surface area is 199 Å². The third-order valence-corrected chi connectivity index (χ3v) is 6.43. The number of carbonyl (C=O) groups excluding carboxylic acids is 2. The summed E-state index contributed by atoms with van der Waals surface area (Å²) in [5, 5.41) is 22.0. The summed E-state index contributed by atoms with van der Waals surface area (Å²) in [6.07, 6.45) is 0.360. The Bertz CT molecular complexity index is 1210. The average Bonchev–Trinajstić information content (AvgIpc) is 3.12. The molecule has 0 unspecified atom stereocenters. The molecule has 3 rings (SSSR count). The van der Waals surface area contributed by atoms with Gasteiger partial charge in [0.25, 0.3) is 11.4 Å². The Morgan fingerprint density at radius 3 is 2.21 bits per heavy atom. The number of non-ortho nitro benzene ring substituents is 2. The fourth-order valence-electron chi connectivity index (χ4n) is 2.97. The van der Waals surface area contributed by atoms with E-state index in [1.165, 1.54) is 11.3 Å². The van der Waals surface area contributed by atoms with Crippen LogP contribution in [0.2, 0.25) is 0 Å². The highest BCUT2D eigenvalue weighted by Gasteiger charge is 2.22. The van der Waals surface area contributed by atoms with E-state index in [0.29, 0.717) is 12.0 Å². The first-order valence-corrected chi connectivity index (χ1v) is 11.2. The number of halogens is 1. The summed E-state index contributed by atoms with van der Waals surface area (Å²) in [7, 11) is 0. The van der Waals surface area contributed by atoms with Crippen molar-refractivity contribution in [1.29, 1.82) is 0 Å². The minimum absolute atomic E-state index is 0.0304. The van der Waals surface area contributed by atoms with Crippen molar-refractivity contribution in [3.8, 4) is 0 Å². The third-order valence-electron chi connectivity index (χ3n) is 4.76. The van der Waals surface area contributed by atoms with Crippen LogP contribution in [-0.4, -0.2) is 28.2 Å². The Morgan fingerprint density at radius 1 is 1.03 bits per heavy atom. The lowest BCUT2D eigenvalue weighted by Gasteiger charge is -2.04. The lowest BCUT2D eigenvalue weighted by atomic mass is 10.1. The average molecular weight is 535 g/mol. The van der Waals surface area contributed by atoms with E-state index in [-0.39, 0.29) is 24.5 Å². The molecule has 0 spiro atoms. The van der Waals surface area contributed by atoms with Crippen molar-refractivity contribution in [2.24, 2.45) is 0 Å². The number of nitrogens with zero attached hydrogens (tertiary/aromatic N) is 3. The molecule has 33 heavy (non-hydrogen) atoms. The van der Waals surface area contributed by atoms with Gasteiger partial charge >= 0.3 is 5.97 Å². The van der Waals surface area contributed by atoms with Crippen LogP contribution >= 0.6 is 27.3 Å². The van der Waals surface area contributed by atoms with Crippen LogP contribution in [0, 0.1) is 27.2 Å². The summed E-state index contributed by atoms with van der Waals surface area (Å²) in [4.78, 5) is 46.0. The standard InChI is InChI=1S/C21H17BrN3O7S/c1-13-20(33-12-23(13)11-19(26)14-2-4-16(22)5-3-14)6-7-32-21(27)15-8-17(24(28)29)10-18(9-15)25(30)31/h2-5,8-10,12H,6-7,11H2,1H3/q+1. The Balaban J connectivity index is 1.62. The summed E-state index contributed by atoms with van der Waals surface area (Å²) in [6.45, 7) is 1.99. The van der Waals surface area contributed by atoms with Crippen molar-refractivity contribution in [2.45, 2.75) is 19.9 Å². The highest BCUT2D eigenvalue weighted by atomic mass is 79.9. The first kappa shape index (κ1) is 24.1. The molecule has 0 aliphatic carbocycles. The first-order valence-electron chi connectivity index (χ1n) is 9.52. The number of hydrogen-bond acceptors (Lipinski definition) is 8. The SMILES string of the molecule is Cc1c(CCOC(=O)c2cc([N+](=O)[O-])cc([N+](=O)[O-])c2)sc[n+]1CC(=O)c1ccc(Br)cc1. The van der Waals surface area contributed by atoms with Gasteiger partial charge in [0, 0.05) is 35.5 Å². The van der Waals surface area contributed by atoms with E-state index in [0.717, 1.165) is 33.2 Å². The zero-order chi connectivity index (χ0) is 24.1. The molecule has 1 heterocycles. The molecule has 0 aliphatic rings. The highest BCUT2D eigenvalue weighted by molar-refractivity contribution is 9.10. The zero-order valence-corrected chi connectivity index (χ0v) is 19.6. The normalized spacial score (nSPS) is 10.6. The number of thiazole rings is 1. The molecule has 0 radical (unpaired) electrons. The van der Waals surface area contributed by atoms with E-state index < -0.39 is 27.2 Å². The van der Waals surface area contributed by atoms with Crippen molar-refractivity contribution in [1.82, 2.24) is 0 Å². The molecule has 0 saturated heterocycles. The van der Waals surface area contributed by atoms with Gasteiger partial charge < -0.3 is 4.74 Å². The lowest BCUT2D eigenvalue weighted by molar-refractivity contribution is -0.684. The first-order chi connectivity index (χ1) is 15.7. The molecule has 0 aliphatic heterocycles. The Kier molecular flexibility index (Phi) is 7.61. The number of Topliss-reactive ketones (excluding diaryl/α,β-unsaturated/α-hetero) is 1. The number of ketones is 1. The molecule has 0 fully saturated rings. The molecule has 0 N–H and O–H groups in total. The Hall–Kier alpha value is -3.51. The van der Waals surface area contributed by atoms with E-state index in [2.05, 4.69) is 15.9 Å². The van der Waals surface area contributed by atoms with Gasteiger partial charge in [-0.05, 0) is 12.1 Å². The fourth-order valence-corrected chi connectivity index (χ4v) is 4.21. The maximum atomic E-state index is 12.5. The molecular formula is C21H17BrN3O7S+. The monoisotopic (exact) mass is 534 g/mol. The molecule has 10 nitrogen and oxygen atoms in total. The van der Waals surface area contributed by atoms with Gasteiger partial charge in [-0.3, -0.25) is 25.0 Å². The van der Waals surface area contributed by atoms with Crippen molar-refractivity contribution in [3.63, 3.8) is 0 Å². The molecule has 2 aromatic carbocycles. The van der Waals surface area contributed by atoms with Gasteiger partial charge in [-0.25, -0.2) is 4.79 Å². The van der Waals surface area contributed by atoms with Gasteiger partial charge in [0.2, 0.25) is 17.8 Å². The van der Waals surface area contributed by atoms with E-state index >= 15 is 0 Å². The minimum atomic E-state index is -0.894. The largest absolute Gasteiger partial charge is 0.462 e. The molecule has 0 saturated carbocycles. The number of ether oxygens (including phenoxy) is 1. The van der Waals surface area contributed by atoms with Gasteiger partial charge in [0.05, 0.1) is 33.0 Å². The lowest BCUT2D eigenvalue weighted by Crippen LogP contribution is -2.38. The number of nitro benzene ring substituents is 2. The molecular weight excluding hydrogens is 518 g/mol. The number of hydrogen-bond donors (Lipinski definition) is 0. The van der Waals surface area contributed by atoms with Gasteiger partial charge in [0.15, 0.2) is 5.69 Å². The summed E-state index contributed by atoms with van der Waals surface area (Å²) in [5.41, 5.74) is 1.86. The molecule has 3 aromatic rings. The topological polar surface area (TPSA) is 134 Å². The predicted molar refractivity (Wildman–Crippen MR) is 121 cm³/mol. The molecule has 1 aromatic heterocycles. The maximum absolute atomic E-state index is 12.5. The number of nitro groups is 2. The number of aromatic nitrogens is 1. The molecule has 170 valence electrons. The second-order valence-electron chi connectivity index (χ2n) is 6.93. The summed E-state index contributed by atoms with van der Waals surface area (Å²) in [6, 6.07) is 9.74. The van der Waals surface area contributed by atoms with Gasteiger partial charge in [-0.1, -0.05) is 39.4 Å². The summed E-state index contributed by atoms with van der Waals surface area (Å²) < 4.78 is 7.87. The van der Waals surface area contributed by atoms with Gasteiger partial charge in [-0.2, -0.15) is 4.57 Å². The van der Waals surface area contributed by atoms with Crippen molar-refractivity contribution in [3.05, 3.63) is 94.4 Å². The number of rotatable bonds is 9. The van der Waals surface area contributed by atoms with Crippen molar-refractivity contribution >= 4 is 50.4 Å². The van der Waals surface area contributed by atoms with Gasteiger partial charge in [0.1, 0.15) is 0 Å². The Morgan fingerprint density at radius 2 is 1.64 bits per heavy atom. The van der Waals surface area contributed by atoms with E-state index in [1.54, 1.807) is 24.3 Å². The van der Waals surface area contributed by atoms with Crippen LogP contribution in [0.3, 0.4) is 0 Å². The van der Waals surface area contributed by atoms with Crippen molar-refractivity contribution in [2.75, 3.05) is 6.61 Å². The fraction of sp³-hybridized carbons (Fsp3) is 0.190. The molecule has 12 heteroatoms. The second-order valence-corrected chi connectivity index (χ2v) is 8.78. The third kappa shape index (κ3) is 6.05. The van der Waals surface area contributed by atoms with Crippen LogP contribution in [0.15, 0.2) is 52.4 Å². The number of benzene rings is 2. The van der Waals surface area contributed by atoms with Crippen LogP contribution in [0.1, 0.15) is 31.3 Å². The smallest absolute Gasteiger partial charge is 0.338 e. The quantitative estimate of drug-likeness (QED) is 0.132. The summed E-state index contributed by atoms with van der Waals surface area (Å²) in [5.74, 6) is -0.937. The van der Waals surface area contributed by atoms with Crippen LogP contribution < -0.4 is 4.57 Å². The predicted octanol–water partition coefficient (Wildman–Crippen LogP) is 4.21. The minimum Gasteiger partial charge on any atom is -0.462 e. The van der Waals surface area contributed by atoms with Crippen LogP contribution in [0.5, 0.6) is 0 Å². The van der Waals surface area contributed by atoms with Crippen LogP contribution in [-0.2, 0) is 17.7 Å². The molecule has 0 atom stereocenters. The molecule has 0 bridgehead atoms. The van der Waals surface area contributed by atoms with Crippen LogP contribution in [0.25, 0.3) is 0 Å². The van der Waals surface area contributed by atoms with E-state index in [4.69, 9.17) is 4.74 Å². The summed E-state index contributed by atoms with van der Waals surface area (Å²) >= 11 is 4.74. The molecule has 0 amide bonds. The second kappa shape index (κ2) is 10.4. The van der Waals surface area contributed by atoms with Crippen molar-refractivity contribution < 1.29 is 28.7 Å². The number of carbonyl (C=O) groups is 2. The number of esters is 1. The van der Waals surface area contributed by atoms with E-state index in [9.17, 15) is 29.8 Å². The van der Waals surface area contributed by atoms with Gasteiger partial charge in [-0.15, -0.1) is 0 Å².